The van der Waals surface area contributed by atoms with E-state index in [1.165, 1.54) is 20.1 Å². The molecule has 0 aliphatic rings. The van der Waals surface area contributed by atoms with Crippen molar-refractivity contribution in [2.75, 3.05) is 7.11 Å². The van der Waals surface area contributed by atoms with Crippen molar-refractivity contribution in [2.24, 2.45) is 0 Å². The Morgan fingerprint density at radius 1 is 1.14 bits per heavy atom. The summed E-state index contributed by atoms with van der Waals surface area (Å²) in [5, 5.41) is 3.69. The Morgan fingerprint density at radius 3 is 2.55 bits per heavy atom. The van der Waals surface area contributed by atoms with Gasteiger partial charge in [0.25, 0.3) is 5.91 Å². The maximum Gasteiger partial charge on any atom is 0.336 e. The number of fused-ring (bicyclic) bond motifs is 1. The summed E-state index contributed by atoms with van der Waals surface area (Å²) in [6.45, 7) is 1.37. The minimum Gasteiger partial charge on any atom is -0.497 e. The van der Waals surface area contributed by atoms with Gasteiger partial charge >= 0.3 is 11.6 Å². The Morgan fingerprint density at radius 2 is 1.86 bits per heavy atom. The number of hydrogen-bond donors (Lipinski definition) is 1. The molecule has 8 heteroatoms. The first-order valence-corrected chi connectivity index (χ1v) is 9.09. The van der Waals surface area contributed by atoms with Crippen LogP contribution in [-0.2, 0) is 16.1 Å². The molecule has 3 aromatic rings. The monoisotopic (exact) mass is 415 g/mol. The van der Waals surface area contributed by atoms with Gasteiger partial charge in [-0.05, 0) is 43.3 Å². The van der Waals surface area contributed by atoms with Gasteiger partial charge < -0.3 is 19.2 Å². The lowest BCUT2D eigenvalue weighted by Gasteiger charge is -2.14. The van der Waals surface area contributed by atoms with E-state index in [0.29, 0.717) is 32.9 Å². The Labute approximate surface area is 171 Å². The van der Waals surface area contributed by atoms with Crippen LogP contribution in [0.5, 0.6) is 5.75 Å². The number of methoxy groups -OCH3 is 1. The van der Waals surface area contributed by atoms with E-state index in [-0.39, 0.29) is 6.61 Å². The van der Waals surface area contributed by atoms with E-state index in [9.17, 15) is 14.4 Å². The normalized spacial score (nSPS) is 11.7. The molecule has 0 aliphatic carbocycles. The van der Waals surface area contributed by atoms with Gasteiger partial charge in [0.15, 0.2) is 0 Å². The SMILES string of the molecule is COc1ccc2c(COC(=O)[C@H](C)NC(=O)c3ccc(Cl)cc3)cc(=O)oc2c1. The number of hydrogen-bond acceptors (Lipinski definition) is 6. The molecule has 0 unspecified atom stereocenters. The third kappa shape index (κ3) is 4.94. The molecule has 1 heterocycles. The summed E-state index contributed by atoms with van der Waals surface area (Å²) in [7, 11) is 1.50. The van der Waals surface area contributed by atoms with Crippen LogP contribution in [0.15, 0.2) is 57.7 Å². The molecule has 1 aromatic heterocycles. The quantitative estimate of drug-likeness (QED) is 0.490. The molecular weight excluding hydrogens is 398 g/mol. The standard InChI is InChI=1S/C21H18ClNO6/c1-12(23-20(25)13-3-5-15(22)6-4-13)21(26)28-11-14-9-19(24)29-18-10-16(27-2)7-8-17(14)18/h3-10,12H,11H2,1-2H3,(H,23,25)/t12-/m0/s1. The summed E-state index contributed by atoms with van der Waals surface area (Å²) in [5.41, 5.74) is 0.617. The van der Waals surface area contributed by atoms with E-state index >= 15 is 0 Å². The lowest BCUT2D eigenvalue weighted by Crippen LogP contribution is -2.39. The molecule has 0 spiro atoms. The second-order valence-electron chi connectivity index (χ2n) is 6.26. The van der Waals surface area contributed by atoms with Crippen LogP contribution in [0.2, 0.25) is 5.02 Å². The van der Waals surface area contributed by atoms with Gasteiger partial charge in [-0.3, -0.25) is 4.79 Å². The Bertz CT molecular complexity index is 1110. The van der Waals surface area contributed by atoms with Crippen LogP contribution >= 0.6 is 11.6 Å². The first-order chi connectivity index (χ1) is 13.9. The highest BCUT2D eigenvalue weighted by atomic mass is 35.5. The number of halogens is 1. The average Bonchev–Trinajstić information content (AvgIpc) is 2.71. The van der Waals surface area contributed by atoms with Gasteiger partial charge in [-0.1, -0.05) is 11.6 Å². The minimum atomic E-state index is -0.885. The van der Waals surface area contributed by atoms with Crippen LogP contribution in [0, 0.1) is 0 Å². The van der Waals surface area contributed by atoms with Crippen molar-refractivity contribution in [2.45, 2.75) is 19.6 Å². The highest BCUT2D eigenvalue weighted by Crippen LogP contribution is 2.23. The largest absolute Gasteiger partial charge is 0.497 e. The van der Waals surface area contributed by atoms with Gasteiger partial charge in [0, 0.05) is 33.7 Å². The Kier molecular flexibility index (Phi) is 6.19. The first-order valence-electron chi connectivity index (χ1n) is 8.71. The van der Waals surface area contributed by atoms with Crippen LogP contribution in [0.3, 0.4) is 0 Å². The third-order valence-corrected chi connectivity index (χ3v) is 4.47. The van der Waals surface area contributed by atoms with Crippen molar-refractivity contribution in [1.82, 2.24) is 5.32 Å². The van der Waals surface area contributed by atoms with E-state index in [0.717, 1.165) is 0 Å². The first kappa shape index (κ1) is 20.4. The molecule has 150 valence electrons. The second-order valence-corrected chi connectivity index (χ2v) is 6.70. The highest BCUT2D eigenvalue weighted by Gasteiger charge is 2.19. The zero-order valence-corrected chi connectivity index (χ0v) is 16.5. The van der Waals surface area contributed by atoms with E-state index in [2.05, 4.69) is 5.32 Å². The summed E-state index contributed by atoms with van der Waals surface area (Å²) in [6.07, 6.45) is 0. The fraction of sp³-hybridized carbons (Fsp3) is 0.190. The van der Waals surface area contributed by atoms with Crippen molar-refractivity contribution in [3.63, 3.8) is 0 Å². The summed E-state index contributed by atoms with van der Waals surface area (Å²) >= 11 is 5.80. The number of ether oxygens (including phenoxy) is 2. The lowest BCUT2D eigenvalue weighted by molar-refractivity contribution is -0.146. The molecule has 29 heavy (non-hydrogen) atoms. The van der Waals surface area contributed by atoms with Crippen molar-refractivity contribution >= 4 is 34.4 Å². The van der Waals surface area contributed by atoms with E-state index in [1.807, 2.05) is 0 Å². The zero-order valence-electron chi connectivity index (χ0n) is 15.7. The number of carbonyl (C=O) groups is 2. The van der Waals surface area contributed by atoms with Crippen LogP contribution in [0.4, 0.5) is 0 Å². The molecule has 2 aromatic carbocycles. The molecule has 0 fully saturated rings. The number of benzene rings is 2. The van der Waals surface area contributed by atoms with Crippen molar-refractivity contribution in [1.29, 1.82) is 0 Å². The highest BCUT2D eigenvalue weighted by molar-refractivity contribution is 6.30. The van der Waals surface area contributed by atoms with Gasteiger partial charge in [0.05, 0.1) is 7.11 Å². The van der Waals surface area contributed by atoms with Gasteiger partial charge in [-0.2, -0.15) is 0 Å². The Balaban J connectivity index is 1.67. The number of esters is 1. The minimum absolute atomic E-state index is 0.144. The van der Waals surface area contributed by atoms with Crippen LogP contribution in [0.25, 0.3) is 11.0 Å². The summed E-state index contributed by atoms with van der Waals surface area (Å²) in [6, 6.07) is 11.7. The smallest absolute Gasteiger partial charge is 0.336 e. The van der Waals surface area contributed by atoms with Crippen molar-refractivity contribution < 1.29 is 23.5 Å². The maximum absolute atomic E-state index is 12.3. The van der Waals surface area contributed by atoms with Gasteiger partial charge in [-0.15, -0.1) is 0 Å². The van der Waals surface area contributed by atoms with E-state index in [1.54, 1.807) is 42.5 Å². The maximum atomic E-state index is 12.3. The van der Waals surface area contributed by atoms with Gasteiger partial charge in [-0.25, -0.2) is 9.59 Å². The van der Waals surface area contributed by atoms with E-state index < -0.39 is 23.5 Å². The number of amides is 1. The van der Waals surface area contributed by atoms with Gasteiger partial charge in [0.1, 0.15) is 24.0 Å². The van der Waals surface area contributed by atoms with Gasteiger partial charge in [0.2, 0.25) is 0 Å². The van der Waals surface area contributed by atoms with Crippen LogP contribution in [-0.4, -0.2) is 25.0 Å². The van der Waals surface area contributed by atoms with Crippen LogP contribution in [0.1, 0.15) is 22.8 Å². The number of carbonyl (C=O) groups excluding carboxylic acids is 2. The zero-order chi connectivity index (χ0) is 21.0. The third-order valence-electron chi connectivity index (χ3n) is 4.21. The van der Waals surface area contributed by atoms with Crippen molar-refractivity contribution in [3.05, 3.63) is 75.1 Å². The fourth-order valence-corrected chi connectivity index (χ4v) is 2.80. The molecule has 0 aliphatic heterocycles. The van der Waals surface area contributed by atoms with E-state index in [4.69, 9.17) is 25.5 Å². The molecule has 1 amide bonds. The molecular formula is C21H18ClNO6. The molecule has 7 nitrogen and oxygen atoms in total. The lowest BCUT2D eigenvalue weighted by atomic mass is 10.1. The molecule has 3 rings (SSSR count). The second kappa shape index (κ2) is 8.79. The number of nitrogens with one attached hydrogen (secondary N) is 1. The Hall–Kier alpha value is -3.32. The molecule has 0 saturated carbocycles. The summed E-state index contributed by atoms with van der Waals surface area (Å²) in [5.74, 6) is -0.528. The number of rotatable bonds is 6. The molecule has 0 radical (unpaired) electrons. The molecule has 0 bridgehead atoms. The molecule has 1 atom stereocenters. The topological polar surface area (TPSA) is 94.8 Å². The molecule has 1 N–H and O–H groups in total. The summed E-state index contributed by atoms with van der Waals surface area (Å²) < 4.78 is 15.6. The predicted octanol–water partition coefficient (Wildman–Crippen LogP) is 3.32. The van der Waals surface area contributed by atoms with Crippen LogP contribution < -0.4 is 15.7 Å². The fourth-order valence-electron chi connectivity index (χ4n) is 2.67. The van der Waals surface area contributed by atoms with Crippen molar-refractivity contribution in [3.8, 4) is 5.75 Å². The molecule has 0 saturated heterocycles. The average molecular weight is 416 g/mol. The summed E-state index contributed by atoms with van der Waals surface area (Å²) in [4.78, 5) is 36.3. The predicted molar refractivity (Wildman–Crippen MR) is 107 cm³/mol.